The molecule has 150 valence electrons. The summed E-state index contributed by atoms with van der Waals surface area (Å²) in [6.45, 7) is 2.66. The Kier molecular flexibility index (Phi) is 4.46. The minimum absolute atomic E-state index is 0.0546. The van der Waals surface area contributed by atoms with Crippen LogP contribution in [0.15, 0.2) is 18.2 Å². The summed E-state index contributed by atoms with van der Waals surface area (Å²) < 4.78 is 0. The molecule has 1 atom stereocenters. The summed E-state index contributed by atoms with van der Waals surface area (Å²) >= 11 is 6.03. The van der Waals surface area contributed by atoms with Gasteiger partial charge >= 0.3 is 0 Å². The number of hydrogen-bond donors (Lipinski definition) is 1. The van der Waals surface area contributed by atoms with E-state index in [4.69, 9.17) is 11.6 Å². The van der Waals surface area contributed by atoms with Gasteiger partial charge in [0.1, 0.15) is 6.04 Å². The fourth-order valence-electron chi connectivity index (χ4n) is 6.94. The van der Waals surface area contributed by atoms with Gasteiger partial charge in [0, 0.05) is 17.3 Å². The number of amides is 2. The molecule has 0 spiro atoms. The number of hydrogen-bond acceptors (Lipinski definition) is 2. The lowest BCUT2D eigenvalue weighted by atomic mass is 9.49. The Hall–Kier alpha value is -1.55. The van der Waals surface area contributed by atoms with Gasteiger partial charge in [0.05, 0.1) is 5.41 Å². The van der Waals surface area contributed by atoms with E-state index < -0.39 is 0 Å². The van der Waals surface area contributed by atoms with Crippen molar-refractivity contribution in [1.82, 2.24) is 4.90 Å². The summed E-state index contributed by atoms with van der Waals surface area (Å²) in [7, 11) is 0. The zero-order valence-electron chi connectivity index (χ0n) is 16.5. The van der Waals surface area contributed by atoms with E-state index in [1.807, 2.05) is 24.0 Å². The second kappa shape index (κ2) is 6.76. The molecule has 0 aromatic heterocycles. The van der Waals surface area contributed by atoms with Crippen molar-refractivity contribution in [2.45, 2.75) is 64.3 Å². The van der Waals surface area contributed by atoms with E-state index in [2.05, 4.69) is 5.32 Å². The molecule has 1 unspecified atom stereocenters. The van der Waals surface area contributed by atoms with Crippen LogP contribution in [0.1, 0.15) is 56.9 Å². The van der Waals surface area contributed by atoms with E-state index >= 15 is 0 Å². The first kappa shape index (κ1) is 18.5. The van der Waals surface area contributed by atoms with Crippen LogP contribution in [-0.4, -0.2) is 29.3 Å². The van der Waals surface area contributed by atoms with E-state index in [0.29, 0.717) is 5.02 Å². The van der Waals surface area contributed by atoms with Gasteiger partial charge < -0.3 is 10.2 Å². The molecular formula is C23H29ClN2O2. The molecular weight excluding hydrogens is 372 g/mol. The summed E-state index contributed by atoms with van der Waals surface area (Å²) in [5, 5.41) is 3.71. The average molecular weight is 401 g/mol. The number of nitrogens with zero attached hydrogens (tertiary/aromatic N) is 1. The SMILES string of the molecule is Cc1cc(Cl)ccc1NC(=O)C1CCCN1C(=O)C12CC3CC(CC(C3)C1)C2. The summed E-state index contributed by atoms with van der Waals surface area (Å²) in [4.78, 5) is 28.7. The third kappa shape index (κ3) is 3.04. The predicted molar refractivity (Wildman–Crippen MR) is 110 cm³/mol. The van der Waals surface area contributed by atoms with Crippen LogP contribution in [0.3, 0.4) is 0 Å². The van der Waals surface area contributed by atoms with Gasteiger partial charge in [-0.25, -0.2) is 0 Å². The van der Waals surface area contributed by atoms with Crippen molar-refractivity contribution in [3.8, 4) is 0 Å². The van der Waals surface area contributed by atoms with Crippen LogP contribution in [0.4, 0.5) is 5.69 Å². The molecule has 4 nitrogen and oxygen atoms in total. The molecule has 4 saturated carbocycles. The highest BCUT2D eigenvalue weighted by Gasteiger charge is 2.56. The number of benzene rings is 1. The monoisotopic (exact) mass is 400 g/mol. The van der Waals surface area contributed by atoms with Gasteiger partial charge in [-0.2, -0.15) is 0 Å². The van der Waals surface area contributed by atoms with Crippen molar-refractivity contribution < 1.29 is 9.59 Å². The number of nitrogens with one attached hydrogen (secondary N) is 1. The molecule has 1 aromatic rings. The van der Waals surface area contributed by atoms with E-state index in [-0.39, 0.29) is 23.3 Å². The molecule has 5 fully saturated rings. The Bertz CT molecular complexity index is 786. The molecule has 1 N–H and O–H groups in total. The molecule has 2 amide bonds. The molecule has 5 aliphatic rings. The smallest absolute Gasteiger partial charge is 0.247 e. The van der Waals surface area contributed by atoms with Gasteiger partial charge in [-0.05, 0) is 99.8 Å². The molecule has 1 aliphatic heterocycles. The second-order valence-corrected chi connectivity index (χ2v) is 10.2. The average Bonchev–Trinajstić information content (AvgIpc) is 3.12. The quantitative estimate of drug-likeness (QED) is 0.792. The third-order valence-electron chi connectivity index (χ3n) is 7.75. The van der Waals surface area contributed by atoms with Gasteiger partial charge in [0.2, 0.25) is 11.8 Å². The van der Waals surface area contributed by atoms with E-state index in [1.54, 1.807) is 6.07 Å². The van der Waals surface area contributed by atoms with E-state index in [9.17, 15) is 9.59 Å². The number of rotatable bonds is 3. The lowest BCUT2D eigenvalue weighted by Gasteiger charge is -2.56. The van der Waals surface area contributed by atoms with Crippen LogP contribution in [-0.2, 0) is 9.59 Å². The summed E-state index contributed by atoms with van der Waals surface area (Å²) in [6, 6.07) is 5.15. The highest BCUT2D eigenvalue weighted by molar-refractivity contribution is 6.30. The first-order valence-corrected chi connectivity index (χ1v) is 11.2. The molecule has 1 saturated heterocycles. The zero-order valence-corrected chi connectivity index (χ0v) is 17.3. The normalized spacial score (nSPS) is 36.0. The minimum atomic E-state index is -0.337. The van der Waals surface area contributed by atoms with Gasteiger partial charge in [-0.3, -0.25) is 9.59 Å². The van der Waals surface area contributed by atoms with Crippen LogP contribution < -0.4 is 5.32 Å². The van der Waals surface area contributed by atoms with Crippen molar-refractivity contribution in [3.05, 3.63) is 28.8 Å². The van der Waals surface area contributed by atoms with Gasteiger partial charge in [-0.1, -0.05) is 11.6 Å². The van der Waals surface area contributed by atoms with Crippen LogP contribution in [0.2, 0.25) is 5.02 Å². The fourth-order valence-corrected chi connectivity index (χ4v) is 7.17. The van der Waals surface area contributed by atoms with Gasteiger partial charge in [0.25, 0.3) is 0 Å². The van der Waals surface area contributed by atoms with Gasteiger partial charge in [0.15, 0.2) is 0 Å². The second-order valence-electron chi connectivity index (χ2n) is 9.80. The molecule has 4 bridgehead atoms. The van der Waals surface area contributed by atoms with Crippen LogP contribution >= 0.6 is 11.6 Å². The Morgan fingerprint density at radius 2 is 1.75 bits per heavy atom. The Labute approximate surface area is 172 Å². The summed E-state index contributed by atoms with van der Waals surface area (Å²) in [5.74, 6) is 2.43. The number of likely N-dealkylation sites (tertiary alicyclic amines) is 1. The summed E-state index contributed by atoms with van der Waals surface area (Å²) in [5.41, 5.74) is 1.55. The predicted octanol–water partition coefficient (Wildman–Crippen LogP) is 4.79. The van der Waals surface area contributed by atoms with E-state index in [1.165, 1.54) is 19.3 Å². The van der Waals surface area contributed by atoms with Crippen LogP contribution in [0, 0.1) is 30.1 Å². The topological polar surface area (TPSA) is 49.4 Å². The van der Waals surface area contributed by atoms with Crippen molar-refractivity contribution in [3.63, 3.8) is 0 Å². The maximum absolute atomic E-state index is 13.7. The number of halogens is 1. The lowest BCUT2D eigenvalue weighted by Crippen LogP contribution is -2.56. The Morgan fingerprint density at radius 3 is 2.36 bits per heavy atom. The molecule has 6 rings (SSSR count). The molecule has 1 heterocycles. The number of carbonyl (C=O) groups is 2. The third-order valence-corrected chi connectivity index (χ3v) is 7.99. The first-order valence-electron chi connectivity index (χ1n) is 10.8. The van der Waals surface area contributed by atoms with Gasteiger partial charge in [-0.15, -0.1) is 0 Å². The highest BCUT2D eigenvalue weighted by atomic mass is 35.5. The fraction of sp³-hybridized carbons (Fsp3) is 0.652. The largest absolute Gasteiger partial charge is 0.330 e. The zero-order chi connectivity index (χ0) is 19.5. The van der Waals surface area contributed by atoms with Crippen molar-refractivity contribution >= 4 is 29.1 Å². The molecule has 1 aromatic carbocycles. The minimum Gasteiger partial charge on any atom is -0.330 e. The Morgan fingerprint density at radius 1 is 1.11 bits per heavy atom. The number of anilines is 1. The number of carbonyl (C=O) groups excluding carboxylic acids is 2. The maximum Gasteiger partial charge on any atom is 0.247 e. The maximum atomic E-state index is 13.7. The first-order chi connectivity index (χ1) is 13.4. The molecule has 28 heavy (non-hydrogen) atoms. The lowest BCUT2D eigenvalue weighted by molar-refractivity contribution is -0.160. The van der Waals surface area contributed by atoms with Crippen molar-refractivity contribution in [2.75, 3.05) is 11.9 Å². The number of aryl methyl sites for hydroxylation is 1. The van der Waals surface area contributed by atoms with Crippen molar-refractivity contribution in [2.24, 2.45) is 23.2 Å². The van der Waals surface area contributed by atoms with Crippen LogP contribution in [0.5, 0.6) is 0 Å². The van der Waals surface area contributed by atoms with Crippen molar-refractivity contribution in [1.29, 1.82) is 0 Å². The summed E-state index contributed by atoms with van der Waals surface area (Å²) in [6.07, 6.45) is 8.81. The molecule has 4 aliphatic carbocycles. The highest BCUT2D eigenvalue weighted by Crippen LogP contribution is 2.60. The molecule has 5 heteroatoms. The van der Waals surface area contributed by atoms with Crippen LogP contribution in [0.25, 0.3) is 0 Å². The molecule has 0 radical (unpaired) electrons. The Balaban J connectivity index is 1.34. The standard InChI is InChI=1S/C23H29ClN2O2/c1-14-7-18(24)4-5-19(14)25-21(27)20-3-2-6-26(20)22(28)23-11-15-8-16(12-23)10-17(9-15)13-23/h4-5,7,15-17,20H,2-3,6,8-13H2,1H3,(H,25,27). The van der Waals surface area contributed by atoms with E-state index in [0.717, 1.165) is 67.7 Å².